The summed E-state index contributed by atoms with van der Waals surface area (Å²) in [6, 6.07) is 3.74. The Morgan fingerprint density at radius 1 is 1.35 bits per heavy atom. The van der Waals surface area contributed by atoms with Crippen LogP contribution in [0, 0.1) is 13.8 Å². The SMILES string of the molecule is CCCOCC(=O)Nc1cc(C)c(C)cc1N. The number of nitrogens with one attached hydrogen (secondary N) is 1. The fraction of sp³-hybridized carbons (Fsp3) is 0.462. The molecule has 0 heterocycles. The molecule has 0 saturated heterocycles. The molecule has 0 spiro atoms. The smallest absolute Gasteiger partial charge is 0.250 e. The summed E-state index contributed by atoms with van der Waals surface area (Å²) in [5.74, 6) is -0.173. The maximum atomic E-state index is 11.5. The van der Waals surface area contributed by atoms with E-state index in [0.29, 0.717) is 18.0 Å². The third kappa shape index (κ3) is 4.07. The van der Waals surface area contributed by atoms with Crippen LogP contribution in [-0.4, -0.2) is 19.1 Å². The number of carbonyl (C=O) groups excluding carboxylic acids is 1. The largest absolute Gasteiger partial charge is 0.397 e. The van der Waals surface area contributed by atoms with Crippen molar-refractivity contribution in [1.82, 2.24) is 0 Å². The zero-order valence-corrected chi connectivity index (χ0v) is 10.7. The molecule has 1 aromatic rings. The minimum absolute atomic E-state index is 0.0696. The van der Waals surface area contributed by atoms with Gasteiger partial charge in [-0.3, -0.25) is 4.79 Å². The number of amides is 1. The molecule has 0 unspecified atom stereocenters. The van der Waals surface area contributed by atoms with Crippen molar-refractivity contribution in [2.75, 3.05) is 24.3 Å². The number of hydrogen-bond donors (Lipinski definition) is 2. The van der Waals surface area contributed by atoms with Crippen molar-refractivity contribution < 1.29 is 9.53 Å². The fourth-order valence-electron chi connectivity index (χ4n) is 1.44. The van der Waals surface area contributed by atoms with Crippen LogP contribution in [0.2, 0.25) is 0 Å². The minimum Gasteiger partial charge on any atom is -0.397 e. The van der Waals surface area contributed by atoms with Gasteiger partial charge in [0.2, 0.25) is 5.91 Å². The molecule has 0 bridgehead atoms. The average molecular weight is 236 g/mol. The van der Waals surface area contributed by atoms with Gasteiger partial charge < -0.3 is 15.8 Å². The van der Waals surface area contributed by atoms with E-state index in [1.54, 1.807) is 0 Å². The average Bonchev–Trinajstić information content (AvgIpc) is 2.26. The predicted octanol–water partition coefficient (Wildman–Crippen LogP) is 2.25. The molecule has 4 heteroatoms. The topological polar surface area (TPSA) is 64.3 Å². The van der Waals surface area contributed by atoms with Crippen molar-refractivity contribution in [3.05, 3.63) is 23.3 Å². The molecule has 0 saturated carbocycles. The third-order valence-corrected chi connectivity index (χ3v) is 2.52. The van der Waals surface area contributed by atoms with Gasteiger partial charge in [0.05, 0.1) is 11.4 Å². The van der Waals surface area contributed by atoms with Gasteiger partial charge in [0.1, 0.15) is 6.61 Å². The molecule has 1 amide bonds. The monoisotopic (exact) mass is 236 g/mol. The number of hydrogen-bond acceptors (Lipinski definition) is 3. The van der Waals surface area contributed by atoms with Gasteiger partial charge in [-0.2, -0.15) is 0 Å². The van der Waals surface area contributed by atoms with Gasteiger partial charge in [-0.05, 0) is 43.5 Å². The van der Waals surface area contributed by atoms with Crippen LogP contribution < -0.4 is 11.1 Å². The summed E-state index contributed by atoms with van der Waals surface area (Å²) in [4.78, 5) is 11.5. The molecule has 0 atom stereocenters. The summed E-state index contributed by atoms with van der Waals surface area (Å²) in [7, 11) is 0. The van der Waals surface area contributed by atoms with Crippen LogP contribution in [0.1, 0.15) is 24.5 Å². The van der Waals surface area contributed by atoms with Crippen LogP contribution in [0.4, 0.5) is 11.4 Å². The van der Waals surface area contributed by atoms with E-state index in [0.717, 1.165) is 17.5 Å². The summed E-state index contributed by atoms with van der Waals surface area (Å²) in [5, 5.41) is 2.75. The van der Waals surface area contributed by atoms with E-state index in [1.807, 2.05) is 32.9 Å². The first-order valence-corrected chi connectivity index (χ1v) is 5.79. The van der Waals surface area contributed by atoms with E-state index >= 15 is 0 Å². The molecular formula is C13H20N2O2. The maximum Gasteiger partial charge on any atom is 0.250 e. The molecule has 0 aliphatic heterocycles. The van der Waals surface area contributed by atoms with Crippen molar-refractivity contribution in [3.8, 4) is 0 Å². The number of rotatable bonds is 5. The Hall–Kier alpha value is -1.55. The molecule has 1 rings (SSSR count). The Morgan fingerprint density at radius 3 is 2.65 bits per heavy atom. The fourth-order valence-corrected chi connectivity index (χ4v) is 1.44. The van der Waals surface area contributed by atoms with E-state index in [9.17, 15) is 4.79 Å². The number of nitrogens with two attached hydrogens (primary N) is 1. The van der Waals surface area contributed by atoms with Crippen LogP contribution in [0.5, 0.6) is 0 Å². The van der Waals surface area contributed by atoms with Gasteiger partial charge in [0.15, 0.2) is 0 Å². The molecule has 0 fully saturated rings. The van der Waals surface area contributed by atoms with Gasteiger partial charge >= 0.3 is 0 Å². The second-order valence-corrected chi connectivity index (χ2v) is 4.12. The molecular weight excluding hydrogens is 216 g/mol. The minimum atomic E-state index is -0.173. The summed E-state index contributed by atoms with van der Waals surface area (Å²) in [6.45, 7) is 6.63. The van der Waals surface area contributed by atoms with Crippen LogP contribution in [-0.2, 0) is 9.53 Å². The van der Waals surface area contributed by atoms with Gasteiger partial charge in [-0.15, -0.1) is 0 Å². The quantitative estimate of drug-likeness (QED) is 0.608. The lowest BCUT2D eigenvalue weighted by molar-refractivity contribution is -0.120. The number of aryl methyl sites for hydroxylation is 2. The van der Waals surface area contributed by atoms with Crippen LogP contribution in [0.25, 0.3) is 0 Å². The second-order valence-electron chi connectivity index (χ2n) is 4.12. The van der Waals surface area contributed by atoms with Crippen LogP contribution in [0.15, 0.2) is 12.1 Å². The molecule has 0 radical (unpaired) electrons. The zero-order valence-electron chi connectivity index (χ0n) is 10.7. The van der Waals surface area contributed by atoms with Crippen LogP contribution in [0.3, 0.4) is 0 Å². The first-order valence-electron chi connectivity index (χ1n) is 5.79. The first kappa shape index (κ1) is 13.5. The Morgan fingerprint density at radius 2 is 2.00 bits per heavy atom. The second kappa shape index (κ2) is 6.25. The van der Waals surface area contributed by atoms with Crippen molar-refractivity contribution >= 4 is 17.3 Å². The molecule has 4 nitrogen and oxygen atoms in total. The van der Waals surface area contributed by atoms with Crippen molar-refractivity contribution in [2.45, 2.75) is 27.2 Å². The highest BCUT2D eigenvalue weighted by molar-refractivity contribution is 5.94. The number of carbonyl (C=O) groups is 1. The first-order chi connectivity index (χ1) is 8.04. The Bertz CT molecular complexity index is 403. The Kier molecular flexibility index (Phi) is 4.97. The van der Waals surface area contributed by atoms with Crippen molar-refractivity contribution in [3.63, 3.8) is 0 Å². The standard InChI is InChI=1S/C13H20N2O2/c1-4-5-17-8-13(16)15-12-7-10(3)9(2)6-11(12)14/h6-7H,4-5,8,14H2,1-3H3,(H,15,16). The van der Waals surface area contributed by atoms with E-state index in [-0.39, 0.29) is 12.5 Å². The number of anilines is 2. The van der Waals surface area contributed by atoms with Gasteiger partial charge in [-0.25, -0.2) is 0 Å². The molecule has 3 N–H and O–H groups in total. The molecule has 1 aromatic carbocycles. The van der Waals surface area contributed by atoms with Crippen molar-refractivity contribution in [2.24, 2.45) is 0 Å². The van der Waals surface area contributed by atoms with E-state index < -0.39 is 0 Å². The highest BCUT2D eigenvalue weighted by Gasteiger charge is 2.06. The highest BCUT2D eigenvalue weighted by Crippen LogP contribution is 2.22. The van der Waals surface area contributed by atoms with E-state index in [4.69, 9.17) is 10.5 Å². The summed E-state index contributed by atoms with van der Waals surface area (Å²) in [5.41, 5.74) is 9.28. The number of ether oxygens (including phenoxy) is 1. The van der Waals surface area contributed by atoms with Crippen LogP contribution >= 0.6 is 0 Å². The third-order valence-electron chi connectivity index (χ3n) is 2.52. The summed E-state index contributed by atoms with van der Waals surface area (Å²) >= 11 is 0. The molecule has 94 valence electrons. The van der Waals surface area contributed by atoms with E-state index in [2.05, 4.69) is 5.32 Å². The summed E-state index contributed by atoms with van der Waals surface area (Å²) < 4.78 is 5.16. The lowest BCUT2D eigenvalue weighted by atomic mass is 10.1. The number of benzene rings is 1. The number of nitrogen functional groups attached to an aromatic ring is 1. The van der Waals surface area contributed by atoms with Gasteiger partial charge in [-0.1, -0.05) is 6.92 Å². The zero-order chi connectivity index (χ0) is 12.8. The summed E-state index contributed by atoms with van der Waals surface area (Å²) in [6.07, 6.45) is 0.902. The Labute approximate surface area is 102 Å². The van der Waals surface area contributed by atoms with Gasteiger partial charge in [0.25, 0.3) is 0 Å². The van der Waals surface area contributed by atoms with E-state index in [1.165, 1.54) is 0 Å². The highest BCUT2D eigenvalue weighted by atomic mass is 16.5. The molecule has 0 aliphatic carbocycles. The lowest BCUT2D eigenvalue weighted by Crippen LogP contribution is -2.19. The maximum absolute atomic E-state index is 11.5. The Balaban J connectivity index is 2.62. The predicted molar refractivity (Wildman–Crippen MR) is 70.1 cm³/mol. The lowest BCUT2D eigenvalue weighted by Gasteiger charge is -2.11. The molecule has 0 aliphatic rings. The van der Waals surface area contributed by atoms with Crippen molar-refractivity contribution in [1.29, 1.82) is 0 Å². The normalized spacial score (nSPS) is 10.3. The van der Waals surface area contributed by atoms with Gasteiger partial charge in [0, 0.05) is 6.61 Å². The molecule has 0 aromatic heterocycles. The molecule has 17 heavy (non-hydrogen) atoms.